The highest BCUT2D eigenvalue weighted by molar-refractivity contribution is 7.80. The molecular formula is C14H28N3S+. The molecule has 0 radical (unpaired) electrons. The van der Waals surface area contributed by atoms with Gasteiger partial charge in [0.2, 0.25) is 0 Å². The topological polar surface area (TPSA) is 28.5 Å². The minimum Gasteiger partial charge on any atom is -0.360 e. The Labute approximate surface area is 117 Å². The van der Waals surface area contributed by atoms with Crippen LogP contribution >= 0.6 is 12.2 Å². The van der Waals surface area contributed by atoms with Crippen molar-refractivity contribution < 1.29 is 4.90 Å². The van der Waals surface area contributed by atoms with Crippen molar-refractivity contribution in [3.63, 3.8) is 0 Å². The number of rotatable bonds is 4. The molecule has 0 aromatic rings. The van der Waals surface area contributed by atoms with E-state index in [0.29, 0.717) is 12.1 Å². The van der Waals surface area contributed by atoms with Crippen LogP contribution in [0.15, 0.2) is 0 Å². The Hall–Kier alpha value is -0.350. The van der Waals surface area contributed by atoms with Gasteiger partial charge in [0.05, 0.1) is 19.6 Å². The monoisotopic (exact) mass is 270 g/mol. The van der Waals surface area contributed by atoms with Crippen molar-refractivity contribution in [1.29, 1.82) is 0 Å². The van der Waals surface area contributed by atoms with Gasteiger partial charge in [0.1, 0.15) is 0 Å². The lowest BCUT2D eigenvalue weighted by Gasteiger charge is -2.30. The maximum atomic E-state index is 5.42. The van der Waals surface area contributed by atoms with E-state index in [1.165, 1.54) is 64.6 Å². The van der Waals surface area contributed by atoms with Gasteiger partial charge in [-0.05, 0) is 31.5 Å². The maximum Gasteiger partial charge on any atom is 0.166 e. The number of hydrogen-bond donors (Lipinski definition) is 3. The van der Waals surface area contributed by atoms with Gasteiger partial charge in [0.15, 0.2) is 5.11 Å². The standard InChI is InChI=1S/C14H27N3S/c1-2-9-17-10-7-13(8-11-17)16-14(18)15-12-5-3-4-6-12/h12-13H,2-11H2,1H3,(H2,15,16,18)/p+1. The fraction of sp³-hybridized carbons (Fsp3) is 0.929. The highest BCUT2D eigenvalue weighted by Crippen LogP contribution is 2.17. The summed E-state index contributed by atoms with van der Waals surface area (Å²) in [6, 6.07) is 1.24. The van der Waals surface area contributed by atoms with E-state index < -0.39 is 0 Å². The van der Waals surface area contributed by atoms with Crippen molar-refractivity contribution in [3.05, 3.63) is 0 Å². The highest BCUT2D eigenvalue weighted by Gasteiger charge is 2.22. The van der Waals surface area contributed by atoms with Crippen LogP contribution in [-0.4, -0.2) is 36.8 Å². The summed E-state index contributed by atoms with van der Waals surface area (Å²) < 4.78 is 0. The van der Waals surface area contributed by atoms with E-state index in [0.717, 1.165) is 5.11 Å². The summed E-state index contributed by atoms with van der Waals surface area (Å²) in [5.41, 5.74) is 0. The third kappa shape index (κ3) is 4.39. The molecule has 0 spiro atoms. The Balaban J connectivity index is 1.63. The molecule has 0 aromatic heterocycles. The largest absolute Gasteiger partial charge is 0.360 e. The van der Waals surface area contributed by atoms with E-state index in [-0.39, 0.29) is 0 Å². The van der Waals surface area contributed by atoms with Crippen LogP contribution in [0, 0.1) is 0 Å². The van der Waals surface area contributed by atoms with E-state index in [9.17, 15) is 0 Å². The van der Waals surface area contributed by atoms with Gasteiger partial charge in [-0.1, -0.05) is 19.8 Å². The Kier molecular flexibility index (Phi) is 5.70. The normalized spacial score (nSPS) is 29.2. The number of nitrogens with one attached hydrogen (secondary N) is 3. The number of likely N-dealkylation sites (tertiary alicyclic amines) is 1. The maximum absolute atomic E-state index is 5.42. The third-order valence-electron chi connectivity index (χ3n) is 4.32. The van der Waals surface area contributed by atoms with Gasteiger partial charge in [-0.3, -0.25) is 0 Å². The second-order valence-electron chi connectivity index (χ2n) is 5.87. The minimum atomic E-state index is 0.604. The summed E-state index contributed by atoms with van der Waals surface area (Å²) in [5.74, 6) is 0. The Bertz CT molecular complexity index is 256. The fourth-order valence-electron chi connectivity index (χ4n) is 3.26. The number of hydrogen-bond acceptors (Lipinski definition) is 1. The molecule has 1 aliphatic carbocycles. The van der Waals surface area contributed by atoms with Crippen molar-refractivity contribution in [1.82, 2.24) is 10.6 Å². The predicted octanol–water partition coefficient (Wildman–Crippen LogP) is 0.850. The van der Waals surface area contributed by atoms with Crippen molar-refractivity contribution in [2.24, 2.45) is 0 Å². The number of quaternary nitrogens is 1. The lowest BCUT2D eigenvalue weighted by Crippen LogP contribution is -3.13. The fourth-order valence-corrected chi connectivity index (χ4v) is 3.59. The van der Waals surface area contributed by atoms with Crippen molar-refractivity contribution in [3.8, 4) is 0 Å². The number of piperidine rings is 1. The molecule has 0 unspecified atom stereocenters. The molecular weight excluding hydrogens is 242 g/mol. The molecule has 0 atom stereocenters. The first-order chi connectivity index (χ1) is 8.78. The van der Waals surface area contributed by atoms with Crippen LogP contribution < -0.4 is 15.5 Å². The van der Waals surface area contributed by atoms with E-state index >= 15 is 0 Å². The summed E-state index contributed by atoms with van der Waals surface area (Å²) in [7, 11) is 0. The van der Waals surface area contributed by atoms with Crippen molar-refractivity contribution in [2.75, 3.05) is 19.6 Å². The Morgan fingerprint density at radius 2 is 1.61 bits per heavy atom. The van der Waals surface area contributed by atoms with Crippen LogP contribution in [0.25, 0.3) is 0 Å². The molecule has 18 heavy (non-hydrogen) atoms. The van der Waals surface area contributed by atoms with Crippen LogP contribution in [0.2, 0.25) is 0 Å². The van der Waals surface area contributed by atoms with Gasteiger partial charge < -0.3 is 15.5 Å². The molecule has 2 rings (SSSR count). The molecule has 3 nitrogen and oxygen atoms in total. The second kappa shape index (κ2) is 7.29. The molecule has 1 saturated carbocycles. The first-order valence-corrected chi connectivity index (χ1v) is 8.09. The Morgan fingerprint density at radius 1 is 1.06 bits per heavy atom. The quantitative estimate of drug-likeness (QED) is 0.662. The predicted molar refractivity (Wildman–Crippen MR) is 80.0 cm³/mol. The smallest absolute Gasteiger partial charge is 0.166 e. The molecule has 4 heteroatoms. The zero-order chi connectivity index (χ0) is 12.8. The van der Waals surface area contributed by atoms with Gasteiger partial charge in [0, 0.05) is 24.9 Å². The van der Waals surface area contributed by atoms with Gasteiger partial charge in [-0.25, -0.2) is 0 Å². The van der Waals surface area contributed by atoms with Crippen molar-refractivity contribution >= 4 is 17.3 Å². The average Bonchev–Trinajstić information content (AvgIpc) is 2.84. The van der Waals surface area contributed by atoms with Gasteiger partial charge in [-0.2, -0.15) is 0 Å². The molecule has 0 amide bonds. The molecule has 2 fully saturated rings. The molecule has 0 aromatic carbocycles. The zero-order valence-electron chi connectivity index (χ0n) is 11.6. The first-order valence-electron chi connectivity index (χ1n) is 7.68. The summed E-state index contributed by atoms with van der Waals surface area (Å²) in [6.07, 6.45) is 9.14. The van der Waals surface area contributed by atoms with E-state index in [1.807, 2.05) is 0 Å². The van der Waals surface area contributed by atoms with Gasteiger partial charge in [0.25, 0.3) is 0 Å². The molecule has 1 heterocycles. The Morgan fingerprint density at radius 3 is 2.17 bits per heavy atom. The summed E-state index contributed by atoms with van der Waals surface area (Å²) in [5, 5.41) is 7.89. The zero-order valence-corrected chi connectivity index (χ0v) is 12.5. The van der Waals surface area contributed by atoms with Gasteiger partial charge in [-0.15, -0.1) is 0 Å². The highest BCUT2D eigenvalue weighted by atomic mass is 32.1. The van der Waals surface area contributed by atoms with Crippen LogP contribution in [0.1, 0.15) is 51.9 Å². The third-order valence-corrected chi connectivity index (χ3v) is 4.56. The van der Waals surface area contributed by atoms with Crippen LogP contribution in [0.5, 0.6) is 0 Å². The SMILES string of the molecule is CCC[NH+]1CCC(NC(=S)NC2CCCC2)CC1. The number of thiocarbonyl (C=S) groups is 1. The molecule has 1 aliphatic heterocycles. The van der Waals surface area contributed by atoms with E-state index in [4.69, 9.17) is 12.2 Å². The average molecular weight is 270 g/mol. The molecule has 104 valence electrons. The minimum absolute atomic E-state index is 0.604. The summed E-state index contributed by atoms with van der Waals surface area (Å²) >= 11 is 5.42. The van der Waals surface area contributed by atoms with Crippen molar-refractivity contribution in [2.45, 2.75) is 64.0 Å². The lowest BCUT2D eigenvalue weighted by molar-refractivity contribution is -0.905. The summed E-state index contributed by atoms with van der Waals surface area (Å²) in [4.78, 5) is 1.77. The van der Waals surface area contributed by atoms with E-state index in [1.54, 1.807) is 4.90 Å². The van der Waals surface area contributed by atoms with Crippen LogP contribution in [0.4, 0.5) is 0 Å². The van der Waals surface area contributed by atoms with Crippen LogP contribution in [0.3, 0.4) is 0 Å². The molecule has 1 saturated heterocycles. The van der Waals surface area contributed by atoms with Crippen LogP contribution in [-0.2, 0) is 0 Å². The van der Waals surface area contributed by atoms with E-state index in [2.05, 4.69) is 17.6 Å². The summed E-state index contributed by atoms with van der Waals surface area (Å²) in [6.45, 7) is 6.21. The molecule has 2 aliphatic rings. The van der Waals surface area contributed by atoms with Gasteiger partial charge >= 0.3 is 0 Å². The first kappa shape index (κ1) is 14.1. The second-order valence-corrected chi connectivity index (χ2v) is 6.28. The molecule has 0 bridgehead atoms. The molecule has 3 N–H and O–H groups in total. The lowest BCUT2D eigenvalue weighted by atomic mass is 10.1.